The van der Waals surface area contributed by atoms with Gasteiger partial charge in [0.25, 0.3) is 0 Å². The lowest BCUT2D eigenvalue weighted by Gasteiger charge is -2.24. The Labute approximate surface area is 94.5 Å². The predicted octanol–water partition coefficient (Wildman–Crippen LogP) is 4.81. The zero-order valence-corrected chi connectivity index (χ0v) is 9.13. The van der Waals surface area contributed by atoms with Crippen LogP contribution in [0.5, 0.6) is 0 Å². The van der Waals surface area contributed by atoms with Gasteiger partial charge in [-0.15, -0.1) is 6.58 Å². The molecule has 0 heterocycles. The van der Waals surface area contributed by atoms with Crippen molar-refractivity contribution in [3.63, 3.8) is 0 Å². The summed E-state index contributed by atoms with van der Waals surface area (Å²) in [6, 6.07) is 0. The minimum absolute atomic E-state index is 0.323. The van der Waals surface area contributed by atoms with Crippen LogP contribution in [-0.4, -0.2) is 18.0 Å². The normalized spacial score (nSPS) is 18.6. The maximum Gasteiger partial charge on any atom is 0.422 e. The van der Waals surface area contributed by atoms with Crippen molar-refractivity contribution >= 4 is 0 Å². The first-order valence-corrected chi connectivity index (χ1v) is 4.86. The molecule has 0 rings (SSSR count). The first kappa shape index (κ1) is 16.2. The number of alkyl halides is 7. The fraction of sp³-hybridized carbons (Fsp3) is 0.800. The Balaban J connectivity index is 4.29. The average Bonchev–Trinajstić information content (AvgIpc) is 2.08. The molecule has 0 saturated carbocycles. The van der Waals surface area contributed by atoms with Gasteiger partial charge in [-0.05, 0) is 26.2 Å². The van der Waals surface area contributed by atoms with Crippen molar-refractivity contribution in [1.82, 2.24) is 0 Å². The summed E-state index contributed by atoms with van der Waals surface area (Å²) in [4.78, 5) is 0. The summed E-state index contributed by atoms with van der Waals surface area (Å²) < 4.78 is 85.7. The van der Waals surface area contributed by atoms with E-state index in [0.29, 0.717) is 13.0 Å². The fourth-order valence-electron chi connectivity index (χ4n) is 1.21. The summed E-state index contributed by atoms with van der Waals surface area (Å²) in [6.45, 7) is 3.28. The molecule has 0 aliphatic heterocycles. The Morgan fingerprint density at radius 2 is 1.53 bits per heavy atom. The van der Waals surface area contributed by atoms with Gasteiger partial charge in [-0.25, -0.2) is 4.39 Å². The number of hydrogen-bond donors (Lipinski definition) is 0. The van der Waals surface area contributed by atoms with Gasteiger partial charge in [0.05, 0.1) is 5.92 Å². The Morgan fingerprint density at radius 1 is 1.06 bits per heavy atom. The minimum atomic E-state index is -5.06. The van der Waals surface area contributed by atoms with Gasteiger partial charge in [0, 0.05) is 0 Å². The average molecular weight is 266 g/mol. The third-order valence-electron chi connectivity index (χ3n) is 2.46. The molecule has 0 aromatic rings. The van der Waals surface area contributed by atoms with Crippen LogP contribution < -0.4 is 0 Å². The smallest absolute Gasteiger partial charge is 0.234 e. The highest BCUT2D eigenvalue weighted by atomic mass is 19.4. The first-order chi connectivity index (χ1) is 7.42. The van der Waals surface area contributed by atoms with Crippen LogP contribution in [0.1, 0.15) is 26.2 Å². The summed E-state index contributed by atoms with van der Waals surface area (Å²) in [5.74, 6) is -1.90. The lowest BCUT2D eigenvalue weighted by molar-refractivity contribution is -0.226. The van der Waals surface area contributed by atoms with Gasteiger partial charge in [-0.1, -0.05) is 6.08 Å². The van der Waals surface area contributed by atoms with E-state index >= 15 is 0 Å². The van der Waals surface area contributed by atoms with Crippen molar-refractivity contribution in [3.05, 3.63) is 12.7 Å². The monoisotopic (exact) mass is 266 g/mol. The highest BCUT2D eigenvalue weighted by molar-refractivity contribution is 4.87. The van der Waals surface area contributed by atoms with E-state index in [1.807, 2.05) is 0 Å². The van der Waals surface area contributed by atoms with Gasteiger partial charge in [0.2, 0.25) is 5.67 Å². The number of rotatable bonds is 5. The van der Waals surface area contributed by atoms with Gasteiger partial charge < -0.3 is 0 Å². The minimum Gasteiger partial charge on any atom is -0.234 e. The lowest BCUT2D eigenvalue weighted by Crippen LogP contribution is -2.37. The van der Waals surface area contributed by atoms with Crippen LogP contribution in [0.3, 0.4) is 0 Å². The SMILES string of the molecule is C=CC(CCCC(C)(F)C(F)(F)F)C(F)(F)F. The quantitative estimate of drug-likeness (QED) is 0.494. The molecule has 0 nitrogen and oxygen atoms in total. The largest absolute Gasteiger partial charge is 0.422 e. The summed E-state index contributed by atoms with van der Waals surface area (Å²) in [6.07, 6.45) is -11.1. The van der Waals surface area contributed by atoms with Crippen molar-refractivity contribution in [1.29, 1.82) is 0 Å². The maximum absolute atomic E-state index is 13.0. The third kappa shape index (κ3) is 4.95. The van der Waals surface area contributed by atoms with E-state index in [1.165, 1.54) is 0 Å². The standard InChI is InChI=1S/C10H13F7/c1-3-7(9(12,13)14)5-4-6-8(2,11)10(15,16)17/h3,7H,1,4-6H2,2H3. The molecular weight excluding hydrogens is 253 g/mol. The Bertz CT molecular complexity index is 248. The molecule has 0 radical (unpaired) electrons. The molecule has 0 saturated heterocycles. The second-order valence-electron chi connectivity index (χ2n) is 3.97. The van der Waals surface area contributed by atoms with Crippen molar-refractivity contribution in [2.45, 2.75) is 44.2 Å². The topological polar surface area (TPSA) is 0 Å². The van der Waals surface area contributed by atoms with Crippen LogP contribution in [-0.2, 0) is 0 Å². The number of halogens is 7. The summed E-state index contributed by atoms with van der Waals surface area (Å²) in [5, 5.41) is 0. The molecule has 102 valence electrons. The molecule has 17 heavy (non-hydrogen) atoms. The molecule has 0 spiro atoms. The van der Waals surface area contributed by atoms with Crippen LogP contribution in [0.4, 0.5) is 30.7 Å². The number of allylic oxidation sites excluding steroid dienone is 1. The van der Waals surface area contributed by atoms with Gasteiger partial charge in [0.1, 0.15) is 0 Å². The van der Waals surface area contributed by atoms with Gasteiger partial charge >= 0.3 is 12.4 Å². The second-order valence-corrected chi connectivity index (χ2v) is 3.97. The van der Waals surface area contributed by atoms with Crippen molar-refractivity contribution in [2.24, 2.45) is 5.92 Å². The Hall–Kier alpha value is -0.750. The van der Waals surface area contributed by atoms with Crippen LogP contribution in [0, 0.1) is 5.92 Å². The second kappa shape index (κ2) is 5.27. The molecule has 0 aliphatic rings. The van der Waals surface area contributed by atoms with Crippen LogP contribution in [0.25, 0.3) is 0 Å². The number of hydrogen-bond acceptors (Lipinski definition) is 0. The molecular formula is C10H13F7. The molecule has 0 N–H and O–H groups in total. The van der Waals surface area contributed by atoms with Gasteiger partial charge in [-0.3, -0.25) is 0 Å². The lowest BCUT2D eigenvalue weighted by atomic mass is 9.95. The van der Waals surface area contributed by atoms with Crippen molar-refractivity contribution in [2.75, 3.05) is 0 Å². The van der Waals surface area contributed by atoms with Crippen LogP contribution >= 0.6 is 0 Å². The van der Waals surface area contributed by atoms with Crippen molar-refractivity contribution < 1.29 is 30.7 Å². The van der Waals surface area contributed by atoms with E-state index in [9.17, 15) is 30.7 Å². The summed E-state index contributed by atoms with van der Waals surface area (Å²) >= 11 is 0. The summed E-state index contributed by atoms with van der Waals surface area (Å²) in [5.41, 5.74) is -3.45. The summed E-state index contributed by atoms with van der Waals surface area (Å²) in [7, 11) is 0. The maximum atomic E-state index is 13.0. The van der Waals surface area contributed by atoms with Gasteiger partial charge in [-0.2, -0.15) is 26.3 Å². The predicted molar refractivity (Wildman–Crippen MR) is 49.2 cm³/mol. The van der Waals surface area contributed by atoms with E-state index in [-0.39, 0.29) is 0 Å². The Kier molecular flexibility index (Phi) is 5.03. The highest BCUT2D eigenvalue weighted by Crippen LogP contribution is 2.39. The zero-order valence-electron chi connectivity index (χ0n) is 9.13. The molecule has 2 unspecified atom stereocenters. The third-order valence-corrected chi connectivity index (χ3v) is 2.46. The fourth-order valence-corrected chi connectivity index (χ4v) is 1.21. The molecule has 2 atom stereocenters. The molecule has 0 fully saturated rings. The molecule has 0 amide bonds. The highest BCUT2D eigenvalue weighted by Gasteiger charge is 2.51. The van der Waals surface area contributed by atoms with Gasteiger partial charge in [0.15, 0.2) is 0 Å². The molecule has 0 bridgehead atoms. The molecule has 0 aromatic carbocycles. The van der Waals surface area contributed by atoms with Crippen molar-refractivity contribution in [3.8, 4) is 0 Å². The zero-order chi connectivity index (χ0) is 13.9. The van der Waals surface area contributed by atoms with E-state index in [0.717, 1.165) is 0 Å². The van der Waals surface area contributed by atoms with Crippen LogP contribution in [0.2, 0.25) is 0 Å². The first-order valence-electron chi connectivity index (χ1n) is 4.86. The van der Waals surface area contributed by atoms with E-state index < -0.39 is 43.2 Å². The van der Waals surface area contributed by atoms with Crippen LogP contribution in [0.15, 0.2) is 12.7 Å². The van der Waals surface area contributed by atoms with E-state index in [4.69, 9.17) is 0 Å². The molecule has 0 aromatic heterocycles. The van der Waals surface area contributed by atoms with E-state index in [2.05, 4.69) is 6.58 Å². The molecule has 0 aliphatic carbocycles. The van der Waals surface area contributed by atoms with E-state index in [1.54, 1.807) is 0 Å². The Morgan fingerprint density at radius 3 is 1.82 bits per heavy atom. The molecule has 7 heteroatoms.